The summed E-state index contributed by atoms with van der Waals surface area (Å²) in [5.74, 6) is 0.349. The van der Waals surface area contributed by atoms with Gasteiger partial charge in [-0.15, -0.1) is 0 Å². The van der Waals surface area contributed by atoms with Gasteiger partial charge in [0.25, 0.3) is 0 Å². The molecule has 0 spiro atoms. The van der Waals surface area contributed by atoms with Crippen molar-refractivity contribution in [1.29, 1.82) is 0 Å². The zero-order valence-electron chi connectivity index (χ0n) is 10.4. The molecule has 0 aromatic carbocycles. The fourth-order valence-corrected chi connectivity index (χ4v) is 3.43. The molecule has 0 saturated carbocycles. The summed E-state index contributed by atoms with van der Waals surface area (Å²) in [7, 11) is -3.34. The fraction of sp³-hybridized carbons (Fsp3) is 0.900. The molecular formula is C10H22N2O2S2. The van der Waals surface area contributed by atoms with Crippen LogP contribution in [0.2, 0.25) is 0 Å². The predicted octanol–water partition coefficient (Wildman–Crippen LogP) is 1.22. The molecular weight excluding hydrogens is 244 g/mol. The molecule has 0 aliphatic heterocycles. The van der Waals surface area contributed by atoms with E-state index in [2.05, 4.69) is 12.2 Å². The van der Waals surface area contributed by atoms with E-state index in [4.69, 9.17) is 5.73 Å². The smallest absolute Gasteiger partial charge is 0.220 e. The van der Waals surface area contributed by atoms with Gasteiger partial charge in [0.15, 0.2) is 0 Å². The molecule has 0 aromatic heterocycles. The molecule has 16 heavy (non-hydrogen) atoms. The van der Waals surface area contributed by atoms with Crippen molar-refractivity contribution in [1.82, 2.24) is 4.31 Å². The lowest BCUT2D eigenvalue weighted by Crippen LogP contribution is -2.41. The molecule has 0 aliphatic carbocycles. The van der Waals surface area contributed by atoms with Crippen molar-refractivity contribution in [2.24, 2.45) is 17.6 Å². The first-order chi connectivity index (χ1) is 7.15. The minimum absolute atomic E-state index is 0.0255. The highest BCUT2D eigenvalue weighted by Gasteiger charge is 2.24. The lowest BCUT2D eigenvalue weighted by Gasteiger charge is -2.25. The van der Waals surface area contributed by atoms with Crippen LogP contribution in [0.1, 0.15) is 27.7 Å². The minimum atomic E-state index is -3.34. The molecule has 6 heteroatoms. The summed E-state index contributed by atoms with van der Waals surface area (Å²) >= 11 is 4.66. The standard InChI is InChI=1S/C10H22N2O2S2/c1-8(2)5-12(6-9(3)4)16(13,14)7-10(11)15/h8-9H,5-7H2,1-4H3,(H2,11,15). The van der Waals surface area contributed by atoms with Crippen LogP contribution in [-0.2, 0) is 10.0 Å². The van der Waals surface area contributed by atoms with Gasteiger partial charge >= 0.3 is 0 Å². The summed E-state index contributed by atoms with van der Waals surface area (Å²) in [6.07, 6.45) is 0. The first-order valence-electron chi connectivity index (χ1n) is 5.41. The Morgan fingerprint density at radius 1 is 1.19 bits per heavy atom. The van der Waals surface area contributed by atoms with E-state index < -0.39 is 10.0 Å². The van der Waals surface area contributed by atoms with E-state index in [0.717, 1.165) is 0 Å². The van der Waals surface area contributed by atoms with Crippen LogP contribution in [0, 0.1) is 11.8 Å². The lowest BCUT2D eigenvalue weighted by atomic mass is 10.2. The highest BCUT2D eigenvalue weighted by molar-refractivity contribution is 7.92. The maximum atomic E-state index is 12.0. The third kappa shape index (κ3) is 6.40. The quantitative estimate of drug-likeness (QED) is 0.704. The van der Waals surface area contributed by atoms with Gasteiger partial charge in [0.2, 0.25) is 10.0 Å². The Hall–Kier alpha value is -0.200. The average Bonchev–Trinajstić information content (AvgIpc) is 1.98. The number of nitrogens with two attached hydrogens (primary N) is 1. The minimum Gasteiger partial charge on any atom is -0.392 e. The second-order valence-corrected chi connectivity index (χ2v) is 7.32. The number of thiocarbonyl (C=S) groups is 1. The van der Waals surface area contributed by atoms with Crippen molar-refractivity contribution in [2.45, 2.75) is 27.7 Å². The van der Waals surface area contributed by atoms with Crippen molar-refractivity contribution in [3.05, 3.63) is 0 Å². The molecule has 0 aliphatic rings. The second-order valence-electron chi connectivity index (χ2n) is 4.83. The number of nitrogens with zero attached hydrogens (tertiary/aromatic N) is 1. The average molecular weight is 266 g/mol. The predicted molar refractivity (Wildman–Crippen MR) is 71.8 cm³/mol. The van der Waals surface area contributed by atoms with E-state index >= 15 is 0 Å². The monoisotopic (exact) mass is 266 g/mol. The van der Waals surface area contributed by atoms with Crippen LogP contribution in [0.4, 0.5) is 0 Å². The van der Waals surface area contributed by atoms with Crippen molar-refractivity contribution in [3.8, 4) is 0 Å². The largest absolute Gasteiger partial charge is 0.392 e. The highest BCUT2D eigenvalue weighted by atomic mass is 32.2. The Bertz CT molecular complexity index is 314. The molecule has 0 bridgehead atoms. The van der Waals surface area contributed by atoms with E-state index in [-0.39, 0.29) is 10.7 Å². The van der Waals surface area contributed by atoms with E-state index in [1.165, 1.54) is 4.31 Å². The van der Waals surface area contributed by atoms with Crippen molar-refractivity contribution >= 4 is 27.2 Å². The number of rotatable bonds is 7. The maximum absolute atomic E-state index is 12.0. The molecule has 0 amide bonds. The zero-order valence-corrected chi connectivity index (χ0v) is 12.1. The van der Waals surface area contributed by atoms with Crippen molar-refractivity contribution in [2.75, 3.05) is 18.8 Å². The maximum Gasteiger partial charge on any atom is 0.220 e. The van der Waals surface area contributed by atoms with Gasteiger partial charge in [-0.2, -0.15) is 0 Å². The Kier molecular flexibility index (Phi) is 6.43. The van der Waals surface area contributed by atoms with Crippen LogP contribution in [0.25, 0.3) is 0 Å². The third-order valence-corrected chi connectivity index (χ3v) is 3.94. The highest BCUT2D eigenvalue weighted by Crippen LogP contribution is 2.10. The molecule has 0 unspecified atom stereocenters. The lowest BCUT2D eigenvalue weighted by molar-refractivity contribution is 0.335. The summed E-state index contributed by atoms with van der Waals surface area (Å²) in [6.45, 7) is 8.99. The van der Waals surface area contributed by atoms with Crippen LogP contribution in [0.15, 0.2) is 0 Å². The zero-order chi connectivity index (χ0) is 12.9. The van der Waals surface area contributed by atoms with Gasteiger partial charge in [0.05, 0.1) is 4.99 Å². The van der Waals surface area contributed by atoms with E-state index in [1.807, 2.05) is 27.7 Å². The van der Waals surface area contributed by atoms with Gasteiger partial charge in [-0.3, -0.25) is 0 Å². The molecule has 96 valence electrons. The molecule has 0 fully saturated rings. The summed E-state index contributed by atoms with van der Waals surface area (Å²) < 4.78 is 25.4. The molecule has 4 nitrogen and oxygen atoms in total. The first-order valence-corrected chi connectivity index (χ1v) is 7.43. The molecule has 0 radical (unpaired) electrons. The fourth-order valence-electron chi connectivity index (χ4n) is 1.39. The number of hydrogen-bond acceptors (Lipinski definition) is 3. The molecule has 0 saturated heterocycles. The topological polar surface area (TPSA) is 63.4 Å². The normalized spacial score (nSPS) is 12.7. The number of sulfonamides is 1. The Balaban J connectivity index is 4.79. The third-order valence-electron chi connectivity index (χ3n) is 1.86. The van der Waals surface area contributed by atoms with E-state index in [1.54, 1.807) is 0 Å². The van der Waals surface area contributed by atoms with Gasteiger partial charge in [0.1, 0.15) is 5.75 Å². The SMILES string of the molecule is CC(C)CN(CC(C)C)S(=O)(=O)CC(N)=S. The van der Waals surface area contributed by atoms with E-state index in [0.29, 0.717) is 24.9 Å². The molecule has 0 heterocycles. The van der Waals surface area contributed by atoms with Crippen LogP contribution in [-0.4, -0.2) is 36.6 Å². The molecule has 0 aromatic rings. The van der Waals surface area contributed by atoms with Gasteiger partial charge in [0, 0.05) is 13.1 Å². The van der Waals surface area contributed by atoms with Crippen LogP contribution in [0.3, 0.4) is 0 Å². The van der Waals surface area contributed by atoms with Crippen LogP contribution in [0.5, 0.6) is 0 Å². The molecule has 0 rings (SSSR count). The Labute approximate surface area is 104 Å². The second kappa shape index (κ2) is 6.51. The number of hydrogen-bond donors (Lipinski definition) is 1. The van der Waals surface area contributed by atoms with Crippen LogP contribution >= 0.6 is 12.2 Å². The van der Waals surface area contributed by atoms with Crippen LogP contribution < -0.4 is 5.73 Å². The summed E-state index contributed by atoms with van der Waals surface area (Å²) in [5, 5.41) is 0. The van der Waals surface area contributed by atoms with Crippen molar-refractivity contribution < 1.29 is 8.42 Å². The van der Waals surface area contributed by atoms with Gasteiger partial charge in [-0.25, -0.2) is 12.7 Å². The summed E-state index contributed by atoms with van der Waals surface area (Å²) in [4.78, 5) is 0.0255. The van der Waals surface area contributed by atoms with Gasteiger partial charge in [-0.1, -0.05) is 39.9 Å². The Morgan fingerprint density at radius 3 is 1.81 bits per heavy atom. The van der Waals surface area contributed by atoms with Gasteiger partial charge in [-0.05, 0) is 11.8 Å². The molecule has 2 N–H and O–H groups in total. The first kappa shape index (κ1) is 15.8. The van der Waals surface area contributed by atoms with E-state index in [9.17, 15) is 8.42 Å². The molecule has 0 atom stereocenters. The summed E-state index contributed by atoms with van der Waals surface area (Å²) in [5.41, 5.74) is 5.30. The van der Waals surface area contributed by atoms with Crippen molar-refractivity contribution in [3.63, 3.8) is 0 Å². The summed E-state index contributed by atoms with van der Waals surface area (Å²) in [6, 6.07) is 0. The Morgan fingerprint density at radius 2 is 1.56 bits per heavy atom. The van der Waals surface area contributed by atoms with Gasteiger partial charge < -0.3 is 5.73 Å².